The molecule has 0 N–H and O–H groups in total. The molecule has 6 heteroatoms. The van der Waals surface area contributed by atoms with Crippen molar-refractivity contribution in [3.8, 4) is 11.1 Å². The van der Waals surface area contributed by atoms with E-state index in [-0.39, 0.29) is 28.5 Å². The van der Waals surface area contributed by atoms with Crippen LogP contribution >= 0.6 is 22.7 Å². The molecule has 0 radical (unpaired) electrons. The Balaban J connectivity index is 1.06. The van der Waals surface area contributed by atoms with E-state index in [1.807, 2.05) is 22.7 Å². The molecule has 0 bridgehead atoms. The molecule has 3 nitrogen and oxygen atoms in total. The van der Waals surface area contributed by atoms with Crippen molar-refractivity contribution in [1.29, 1.82) is 0 Å². The van der Waals surface area contributed by atoms with E-state index in [0.717, 1.165) is 12.8 Å². The Kier molecular flexibility index (Phi) is 9.85. The first-order chi connectivity index (χ1) is 36.7. The molecule has 1 saturated carbocycles. The van der Waals surface area contributed by atoms with Crippen molar-refractivity contribution in [2.45, 2.75) is 103 Å². The molecule has 9 aromatic carbocycles. The number of hydrogen-bond acceptors (Lipinski definition) is 5. The van der Waals surface area contributed by atoms with Crippen LogP contribution in [0.15, 0.2) is 182 Å². The minimum absolute atomic E-state index is 0.00414. The zero-order chi connectivity index (χ0) is 51.6. The highest BCUT2D eigenvalue weighted by molar-refractivity contribution is 7.26. The summed E-state index contributed by atoms with van der Waals surface area (Å²) >= 11 is 3.82. The molecule has 2 unspecified atom stereocenters. The molecule has 15 rings (SSSR count). The van der Waals surface area contributed by atoms with Crippen LogP contribution in [0.2, 0.25) is 0 Å². The highest BCUT2D eigenvalue weighted by Crippen LogP contribution is 2.62. The highest BCUT2D eigenvalue weighted by Gasteiger charge is 2.58. The molecule has 0 spiro atoms. The normalized spacial score (nSPS) is 18.8. The molecular formula is C70H62BN3S2. The molecule has 11 aromatic rings. The van der Waals surface area contributed by atoms with E-state index in [9.17, 15) is 0 Å². The summed E-state index contributed by atoms with van der Waals surface area (Å²) in [5.74, 6) is 0. The van der Waals surface area contributed by atoms with Crippen molar-refractivity contribution in [1.82, 2.24) is 0 Å². The number of anilines is 8. The maximum atomic E-state index is 2.82. The van der Waals surface area contributed by atoms with Gasteiger partial charge in [0.15, 0.2) is 0 Å². The van der Waals surface area contributed by atoms with Crippen molar-refractivity contribution in [2.75, 3.05) is 14.7 Å². The molecule has 372 valence electrons. The van der Waals surface area contributed by atoms with E-state index in [1.165, 1.54) is 143 Å². The van der Waals surface area contributed by atoms with Crippen LogP contribution in [0, 0.1) is 0 Å². The van der Waals surface area contributed by atoms with Gasteiger partial charge in [0.2, 0.25) is 0 Å². The van der Waals surface area contributed by atoms with Crippen molar-refractivity contribution < 1.29 is 0 Å². The van der Waals surface area contributed by atoms with Gasteiger partial charge in [0.1, 0.15) is 0 Å². The maximum absolute atomic E-state index is 2.82. The number of rotatable bonds is 4. The summed E-state index contributed by atoms with van der Waals surface area (Å²) in [6.07, 6.45) is 4.70. The average molecular weight is 1020 g/mol. The minimum atomic E-state index is -0.178. The lowest BCUT2D eigenvalue weighted by Crippen LogP contribution is -2.61. The zero-order valence-electron chi connectivity index (χ0n) is 44.9. The molecule has 1 fully saturated rings. The van der Waals surface area contributed by atoms with Crippen LogP contribution < -0.4 is 31.1 Å². The number of nitrogens with zero attached hydrogens (tertiary/aromatic N) is 3. The summed E-state index contributed by atoms with van der Waals surface area (Å²) in [6, 6.07) is 71.0. The van der Waals surface area contributed by atoms with Gasteiger partial charge in [-0.2, -0.15) is 0 Å². The lowest BCUT2D eigenvalue weighted by molar-refractivity contribution is 0.195. The quantitative estimate of drug-likeness (QED) is 0.163. The monoisotopic (exact) mass is 1020 g/mol. The Hall–Kier alpha value is -7.12. The summed E-state index contributed by atoms with van der Waals surface area (Å²) in [6.45, 7) is 19.3. The van der Waals surface area contributed by atoms with Crippen LogP contribution in [0.1, 0.15) is 97.8 Å². The summed E-state index contributed by atoms with van der Waals surface area (Å²) in [5.41, 5.74) is 20.4. The SMILES string of the molecule is CC(C)(C)c1ccc2c(c1)N(c1ccc3c(c1)sc1ccccc13)c1cc(N3c4ccc(-c5ccccc5)cc4C4(C)CCCCC34C)cc3c1B2c1ccc(C(C)(C)C)cc1N3c1ccc2c(c1)sc1ccccc12. The first-order valence-corrected chi connectivity index (χ1v) is 29.2. The molecule has 0 amide bonds. The van der Waals surface area contributed by atoms with Crippen LogP contribution in [0.5, 0.6) is 0 Å². The summed E-state index contributed by atoms with van der Waals surface area (Å²) < 4.78 is 5.27. The lowest BCUT2D eigenvalue weighted by Gasteiger charge is -2.51. The van der Waals surface area contributed by atoms with Gasteiger partial charge in [-0.05, 0) is 148 Å². The second-order valence-corrected chi connectivity index (χ2v) is 27.0. The largest absolute Gasteiger partial charge is 0.334 e. The Morgan fingerprint density at radius 3 is 1.49 bits per heavy atom. The number of benzene rings is 9. The van der Waals surface area contributed by atoms with E-state index in [2.05, 4.69) is 252 Å². The molecule has 3 aliphatic heterocycles. The van der Waals surface area contributed by atoms with Gasteiger partial charge in [-0.1, -0.05) is 171 Å². The highest BCUT2D eigenvalue weighted by atomic mass is 32.1. The van der Waals surface area contributed by atoms with Crippen molar-refractivity contribution >= 4 is 132 Å². The molecule has 4 aliphatic rings. The van der Waals surface area contributed by atoms with E-state index >= 15 is 0 Å². The fourth-order valence-corrected chi connectivity index (χ4v) is 16.5. The molecule has 2 aromatic heterocycles. The molecule has 76 heavy (non-hydrogen) atoms. The third-order valence-corrected chi connectivity index (χ3v) is 20.8. The molecule has 1 aliphatic carbocycles. The number of fused-ring (bicyclic) bond motifs is 13. The van der Waals surface area contributed by atoms with Crippen LogP contribution in [0.25, 0.3) is 51.5 Å². The summed E-state index contributed by atoms with van der Waals surface area (Å²) in [5, 5.41) is 5.29. The fourth-order valence-electron chi connectivity index (χ4n) is 14.3. The summed E-state index contributed by atoms with van der Waals surface area (Å²) in [7, 11) is 0. The first kappa shape index (κ1) is 46.2. The zero-order valence-corrected chi connectivity index (χ0v) is 46.5. The average Bonchev–Trinajstić information content (AvgIpc) is 4.19. The Labute approximate surface area is 456 Å². The topological polar surface area (TPSA) is 9.72 Å². The van der Waals surface area contributed by atoms with E-state index in [1.54, 1.807) is 0 Å². The predicted octanol–water partition coefficient (Wildman–Crippen LogP) is 18.5. The molecular weight excluding hydrogens is 958 g/mol. The Bertz CT molecular complexity index is 4020. The lowest BCUT2D eigenvalue weighted by atomic mass is 9.33. The van der Waals surface area contributed by atoms with Crippen LogP contribution in [0.3, 0.4) is 0 Å². The van der Waals surface area contributed by atoms with E-state index in [0.29, 0.717) is 0 Å². The van der Waals surface area contributed by atoms with Gasteiger partial charge in [0.25, 0.3) is 6.71 Å². The van der Waals surface area contributed by atoms with Crippen LogP contribution in [0.4, 0.5) is 45.5 Å². The van der Waals surface area contributed by atoms with Gasteiger partial charge in [-0.15, -0.1) is 22.7 Å². The van der Waals surface area contributed by atoms with Gasteiger partial charge >= 0.3 is 0 Å². The standard InChI is InChI=1S/C70H62BN3S2/c1-67(2,3)45-25-31-55-58(37-45)72(47-27-29-52-50-20-12-14-22-62(50)75-64(52)41-47)60-39-49(74-57-33-24-44(43-18-10-9-11-19-43)36-54(57)69(7)34-16-17-35-70(69,74)8)40-61-66(60)71(55)56-32-26-46(68(4,5)6)38-59(56)73(61)48-28-30-53-51-21-13-15-23-63(51)76-65(53)42-48/h9-15,18-33,36-42H,16-17,34-35H2,1-8H3. The number of thiophene rings is 2. The third-order valence-electron chi connectivity index (χ3n) is 18.5. The van der Waals surface area contributed by atoms with Gasteiger partial charge < -0.3 is 14.7 Å². The van der Waals surface area contributed by atoms with Crippen LogP contribution in [-0.2, 0) is 16.2 Å². The Morgan fingerprint density at radius 2 is 0.934 bits per heavy atom. The van der Waals surface area contributed by atoms with Gasteiger partial charge in [-0.25, -0.2) is 0 Å². The maximum Gasteiger partial charge on any atom is 0.252 e. The predicted molar refractivity (Wildman–Crippen MR) is 332 cm³/mol. The third kappa shape index (κ3) is 6.59. The van der Waals surface area contributed by atoms with Crippen molar-refractivity contribution in [3.05, 3.63) is 199 Å². The second kappa shape index (κ2) is 16.2. The van der Waals surface area contributed by atoms with Gasteiger partial charge in [0.05, 0.1) is 5.54 Å². The number of hydrogen-bond donors (Lipinski definition) is 0. The van der Waals surface area contributed by atoms with Crippen molar-refractivity contribution in [3.63, 3.8) is 0 Å². The molecule has 2 atom stereocenters. The van der Waals surface area contributed by atoms with Crippen LogP contribution in [-0.4, -0.2) is 12.3 Å². The minimum Gasteiger partial charge on any atom is -0.334 e. The molecule has 5 heterocycles. The molecule has 0 saturated heterocycles. The first-order valence-electron chi connectivity index (χ1n) is 27.6. The van der Waals surface area contributed by atoms with Crippen molar-refractivity contribution in [2.24, 2.45) is 0 Å². The summed E-state index contributed by atoms with van der Waals surface area (Å²) in [4.78, 5) is 8.17. The Morgan fingerprint density at radius 1 is 0.421 bits per heavy atom. The fraction of sp³-hybridized carbons (Fsp3) is 0.229. The van der Waals surface area contributed by atoms with E-state index in [4.69, 9.17) is 0 Å². The van der Waals surface area contributed by atoms with Gasteiger partial charge in [0, 0.05) is 91.3 Å². The smallest absolute Gasteiger partial charge is 0.252 e. The van der Waals surface area contributed by atoms with E-state index < -0.39 is 0 Å². The van der Waals surface area contributed by atoms with Gasteiger partial charge in [-0.3, -0.25) is 0 Å². The second-order valence-electron chi connectivity index (χ2n) is 24.9.